The van der Waals surface area contributed by atoms with Gasteiger partial charge in [0.05, 0.1) is 39.1 Å². The molecule has 0 aromatic rings. The first-order valence-electron chi connectivity index (χ1n) is 6.47. The van der Waals surface area contributed by atoms with Gasteiger partial charge in [0.1, 0.15) is 12.2 Å². The first-order valence-corrected chi connectivity index (χ1v) is 6.47. The Morgan fingerprint density at radius 1 is 1.37 bits per heavy atom. The first-order chi connectivity index (χ1) is 9.15. The van der Waals surface area contributed by atoms with Crippen LogP contribution in [0.3, 0.4) is 0 Å². The van der Waals surface area contributed by atoms with Crippen LogP contribution in [0.15, 0.2) is 11.6 Å². The van der Waals surface area contributed by atoms with Gasteiger partial charge in [-0.15, -0.1) is 0 Å². The van der Waals surface area contributed by atoms with Crippen molar-refractivity contribution in [1.29, 1.82) is 0 Å². The van der Waals surface area contributed by atoms with Crippen molar-refractivity contribution < 1.29 is 28.8 Å². The second-order valence-electron chi connectivity index (χ2n) is 4.83. The molecule has 6 heteroatoms. The highest BCUT2D eigenvalue weighted by Crippen LogP contribution is 2.14. The SMILES string of the molecule is CC(=CCC(COCC1CO1)OCC1CO1)C(=O)O. The Morgan fingerprint density at radius 3 is 2.58 bits per heavy atom. The van der Waals surface area contributed by atoms with E-state index >= 15 is 0 Å². The third-order valence-corrected chi connectivity index (χ3v) is 2.95. The fourth-order valence-electron chi connectivity index (χ4n) is 1.48. The lowest BCUT2D eigenvalue weighted by Gasteiger charge is -2.16. The summed E-state index contributed by atoms with van der Waals surface area (Å²) < 4.78 is 21.3. The monoisotopic (exact) mass is 272 g/mol. The zero-order valence-corrected chi connectivity index (χ0v) is 11.0. The van der Waals surface area contributed by atoms with Crippen LogP contribution in [0.5, 0.6) is 0 Å². The maximum atomic E-state index is 10.7. The molecular weight excluding hydrogens is 252 g/mol. The standard InChI is InChI=1S/C13H20O6/c1-9(13(14)15)2-3-10(17-7-12-8-19-12)4-16-5-11-6-18-11/h2,10-12H,3-8H2,1H3,(H,14,15). The lowest BCUT2D eigenvalue weighted by Crippen LogP contribution is -2.23. The molecule has 2 saturated heterocycles. The fourth-order valence-corrected chi connectivity index (χ4v) is 1.48. The van der Waals surface area contributed by atoms with Crippen molar-refractivity contribution >= 4 is 5.97 Å². The van der Waals surface area contributed by atoms with Crippen molar-refractivity contribution in [3.8, 4) is 0 Å². The zero-order valence-electron chi connectivity index (χ0n) is 11.0. The van der Waals surface area contributed by atoms with Crippen LogP contribution in [0.4, 0.5) is 0 Å². The number of ether oxygens (including phenoxy) is 4. The third-order valence-electron chi connectivity index (χ3n) is 2.95. The van der Waals surface area contributed by atoms with E-state index in [9.17, 15) is 4.79 Å². The summed E-state index contributed by atoms with van der Waals surface area (Å²) in [6.07, 6.45) is 2.47. The van der Waals surface area contributed by atoms with E-state index in [0.29, 0.717) is 31.8 Å². The Morgan fingerprint density at radius 2 is 2.00 bits per heavy atom. The van der Waals surface area contributed by atoms with Gasteiger partial charge in [-0.3, -0.25) is 0 Å². The Balaban J connectivity index is 1.70. The minimum Gasteiger partial charge on any atom is -0.478 e. The summed E-state index contributed by atoms with van der Waals surface area (Å²) in [6, 6.07) is 0. The first kappa shape index (κ1) is 14.5. The fraction of sp³-hybridized carbons (Fsp3) is 0.769. The van der Waals surface area contributed by atoms with Gasteiger partial charge in [0, 0.05) is 5.57 Å². The summed E-state index contributed by atoms with van der Waals surface area (Å²) in [7, 11) is 0. The van der Waals surface area contributed by atoms with Gasteiger partial charge in [-0.2, -0.15) is 0 Å². The minimum absolute atomic E-state index is 0.141. The van der Waals surface area contributed by atoms with Crippen LogP contribution >= 0.6 is 0 Å². The van der Waals surface area contributed by atoms with E-state index in [-0.39, 0.29) is 18.3 Å². The Labute approximate surface area is 112 Å². The van der Waals surface area contributed by atoms with Gasteiger partial charge in [0.25, 0.3) is 0 Å². The number of rotatable bonds is 10. The number of carboxylic acid groups (broad SMARTS) is 1. The smallest absolute Gasteiger partial charge is 0.330 e. The van der Waals surface area contributed by atoms with Gasteiger partial charge < -0.3 is 24.1 Å². The van der Waals surface area contributed by atoms with Crippen LogP contribution in [0.25, 0.3) is 0 Å². The van der Waals surface area contributed by atoms with Crippen LogP contribution in [-0.2, 0) is 23.7 Å². The molecule has 0 aromatic heterocycles. The predicted octanol–water partition coefficient (Wildman–Crippen LogP) is 0.607. The molecule has 6 nitrogen and oxygen atoms in total. The average molecular weight is 272 g/mol. The number of carbonyl (C=O) groups is 1. The van der Waals surface area contributed by atoms with E-state index in [1.165, 1.54) is 0 Å². The maximum Gasteiger partial charge on any atom is 0.330 e. The molecule has 2 aliphatic rings. The molecule has 0 aromatic carbocycles. The molecule has 3 atom stereocenters. The molecule has 1 N–H and O–H groups in total. The van der Waals surface area contributed by atoms with Gasteiger partial charge in [-0.1, -0.05) is 6.08 Å². The molecule has 2 aliphatic heterocycles. The van der Waals surface area contributed by atoms with Crippen LogP contribution in [0.2, 0.25) is 0 Å². The van der Waals surface area contributed by atoms with Crippen molar-refractivity contribution in [2.24, 2.45) is 0 Å². The summed E-state index contributed by atoms with van der Waals surface area (Å²) in [5.74, 6) is -0.906. The maximum absolute atomic E-state index is 10.7. The van der Waals surface area contributed by atoms with Crippen LogP contribution < -0.4 is 0 Å². The van der Waals surface area contributed by atoms with Crippen LogP contribution in [0, 0.1) is 0 Å². The molecule has 2 rings (SSSR count). The van der Waals surface area contributed by atoms with Crippen molar-refractivity contribution in [3.63, 3.8) is 0 Å². The van der Waals surface area contributed by atoms with Gasteiger partial charge in [-0.25, -0.2) is 4.79 Å². The molecule has 108 valence electrons. The Kier molecular flexibility index (Phi) is 5.33. The summed E-state index contributed by atoms with van der Waals surface area (Å²) in [6.45, 7) is 4.63. The quantitative estimate of drug-likeness (QED) is 0.463. The van der Waals surface area contributed by atoms with Crippen molar-refractivity contribution in [2.45, 2.75) is 31.7 Å². The second kappa shape index (κ2) is 7.00. The van der Waals surface area contributed by atoms with Crippen molar-refractivity contribution in [2.75, 3.05) is 33.0 Å². The van der Waals surface area contributed by atoms with E-state index in [1.807, 2.05) is 0 Å². The van der Waals surface area contributed by atoms with Crippen molar-refractivity contribution in [1.82, 2.24) is 0 Å². The number of hydrogen-bond donors (Lipinski definition) is 1. The lowest BCUT2D eigenvalue weighted by atomic mass is 10.2. The number of aliphatic carboxylic acids is 1. The molecule has 3 unspecified atom stereocenters. The molecule has 0 radical (unpaired) electrons. The largest absolute Gasteiger partial charge is 0.478 e. The molecular formula is C13H20O6. The Hall–Kier alpha value is -0.950. The number of epoxide rings is 2. The van der Waals surface area contributed by atoms with E-state index in [4.69, 9.17) is 24.1 Å². The highest BCUT2D eigenvalue weighted by atomic mass is 16.6. The summed E-state index contributed by atoms with van der Waals surface area (Å²) >= 11 is 0. The third kappa shape index (κ3) is 6.15. The molecule has 0 amide bonds. The Bertz CT molecular complexity index is 332. The molecule has 0 bridgehead atoms. The van der Waals surface area contributed by atoms with Gasteiger partial charge in [-0.05, 0) is 13.3 Å². The topological polar surface area (TPSA) is 80.8 Å². The van der Waals surface area contributed by atoms with E-state index in [2.05, 4.69) is 0 Å². The van der Waals surface area contributed by atoms with E-state index < -0.39 is 5.97 Å². The lowest BCUT2D eigenvalue weighted by molar-refractivity contribution is -0.132. The number of hydrogen-bond acceptors (Lipinski definition) is 5. The average Bonchev–Trinajstić information content (AvgIpc) is 3.25. The summed E-state index contributed by atoms with van der Waals surface area (Å²) in [5, 5.41) is 8.80. The van der Waals surface area contributed by atoms with E-state index in [1.54, 1.807) is 13.0 Å². The second-order valence-corrected chi connectivity index (χ2v) is 4.83. The predicted molar refractivity (Wildman–Crippen MR) is 66.0 cm³/mol. The normalized spacial score (nSPS) is 27.1. The van der Waals surface area contributed by atoms with E-state index in [0.717, 1.165) is 13.2 Å². The van der Waals surface area contributed by atoms with Crippen LogP contribution in [0.1, 0.15) is 13.3 Å². The highest BCUT2D eigenvalue weighted by Gasteiger charge is 2.25. The van der Waals surface area contributed by atoms with Gasteiger partial charge >= 0.3 is 5.97 Å². The van der Waals surface area contributed by atoms with Gasteiger partial charge in [0.2, 0.25) is 0 Å². The van der Waals surface area contributed by atoms with Crippen LogP contribution in [-0.4, -0.2) is 62.4 Å². The molecule has 0 spiro atoms. The summed E-state index contributed by atoms with van der Waals surface area (Å²) in [5.41, 5.74) is 0.321. The molecule has 19 heavy (non-hydrogen) atoms. The number of carboxylic acids is 1. The minimum atomic E-state index is -0.906. The molecule has 2 fully saturated rings. The van der Waals surface area contributed by atoms with Gasteiger partial charge in [0.15, 0.2) is 0 Å². The highest BCUT2D eigenvalue weighted by molar-refractivity contribution is 5.85. The van der Waals surface area contributed by atoms with Crippen molar-refractivity contribution in [3.05, 3.63) is 11.6 Å². The summed E-state index contributed by atoms with van der Waals surface area (Å²) in [4.78, 5) is 10.7. The molecule has 2 heterocycles. The molecule has 0 aliphatic carbocycles. The zero-order chi connectivity index (χ0) is 13.7. The molecule has 0 saturated carbocycles.